The van der Waals surface area contributed by atoms with Crippen molar-refractivity contribution in [3.05, 3.63) is 24.3 Å². The molecule has 7 heteroatoms. The highest BCUT2D eigenvalue weighted by atomic mass is 16.3. The van der Waals surface area contributed by atoms with Gasteiger partial charge in [-0.1, -0.05) is 13.8 Å². The van der Waals surface area contributed by atoms with Crippen LogP contribution in [0.2, 0.25) is 0 Å². The molecule has 0 spiro atoms. The highest BCUT2D eigenvalue weighted by Crippen LogP contribution is 2.10. The first-order valence-corrected chi connectivity index (χ1v) is 6.99. The van der Waals surface area contributed by atoms with Crippen LogP contribution in [0.5, 0.6) is 0 Å². The molecule has 1 atom stereocenters. The van der Waals surface area contributed by atoms with E-state index in [4.69, 9.17) is 0 Å². The van der Waals surface area contributed by atoms with Crippen molar-refractivity contribution in [1.82, 2.24) is 19.8 Å². The second kappa shape index (κ2) is 6.62. The Balaban J connectivity index is 2.12. The molecule has 2 heterocycles. The van der Waals surface area contributed by atoms with E-state index in [1.807, 2.05) is 13.8 Å². The van der Waals surface area contributed by atoms with E-state index < -0.39 is 12.0 Å². The number of nitrogens with zero attached hydrogens (tertiary/aromatic N) is 4. The van der Waals surface area contributed by atoms with Crippen LogP contribution >= 0.6 is 0 Å². The monoisotopic (exact) mass is 292 g/mol. The number of hydrogen-bond acceptors (Lipinski definition) is 5. The molecule has 1 fully saturated rings. The first-order chi connectivity index (χ1) is 9.97. The molecule has 1 saturated heterocycles. The predicted octanol–water partition coefficient (Wildman–Crippen LogP) is -0.222. The van der Waals surface area contributed by atoms with Crippen LogP contribution in [-0.4, -0.2) is 69.0 Å². The molecule has 0 saturated carbocycles. The molecular weight excluding hydrogens is 272 g/mol. The number of rotatable bonds is 3. The van der Waals surface area contributed by atoms with Crippen LogP contribution in [0.1, 0.15) is 24.5 Å². The first kappa shape index (κ1) is 15.4. The number of β-amino-alcohol motifs (C(OH)–C–C–N with tert-alkyl or cyclic N) is 1. The Kier molecular flexibility index (Phi) is 4.85. The van der Waals surface area contributed by atoms with Crippen molar-refractivity contribution >= 4 is 11.8 Å². The lowest BCUT2D eigenvalue weighted by molar-refractivity contribution is -0.131. The van der Waals surface area contributed by atoms with Gasteiger partial charge in [0.15, 0.2) is 0 Å². The summed E-state index contributed by atoms with van der Waals surface area (Å²) in [5.41, 5.74) is 0. The van der Waals surface area contributed by atoms with E-state index in [9.17, 15) is 14.7 Å². The van der Waals surface area contributed by atoms with Crippen molar-refractivity contribution < 1.29 is 14.7 Å². The van der Waals surface area contributed by atoms with E-state index >= 15 is 0 Å². The number of aliphatic hydroxyl groups excluding tert-OH is 1. The number of carbonyl (C=O) groups is 2. The maximum atomic E-state index is 12.3. The van der Waals surface area contributed by atoms with Gasteiger partial charge in [0.1, 0.15) is 6.54 Å². The topological polar surface area (TPSA) is 86.6 Å². The zero-order chi connectivity index (χ0) is 15.4. The SMILES string of the molecule is CC(C)CN1CC(O)CN(C(=O)c2ncccn2)CC1=O. The van der Waals surface area contributed by atoms with Gasteiger partial charge in [0.2, 0.25) is 11.7 Å². The third kappa shape index (κ3) is 3.98. The van der Waals surface area contributed by atoms with Crippen LogP contribution in [-0.2, 0) is 4.79 Å². The van der Waals surface area contributed by atoms with Crippen molar-refractivity contribution in [2.75, 3.05) is 26.2 Å². The minimum absolute atomic E-state index is 0.0369. The summed E-state index contributed by atoms with van der Waals surface area (Å²) in [7, 11) is 0. The number of hydrogen-bond donors (Lipinski definition) is 1. The fourth-order valence-corrected chi connectivity index (χ4v) is 2.32. The van der Waals surface area contributed by atoms with Gasteiger partial charge in [-0.2, -0.15) is 0 Å². The summed E-state index contributed by atoms with van der Waals surface area (Å²) in [6.07, 6.45) is 2.19. The van der Waals surface area contributed by atoms with E-state index in [1.54, 1.807) is 11.0 Å². The van der Waals surface area contributed by atoms with E-state index in [1.165, 1.54) is 17.3 Å². The summed E-state index contributed by atoms with van der Waals surface area (Å²) in [5.74, 6) is -0.255. The first-order valence-electron chi connectivity index (χ1n) is 6.99. The van der Waals surface area contributed by atoms with Crippen molar-refractivity contribution in [1.29, 1.82) is 0 Å². The van der Waals surface area contributed by atoms with Crippen LogP contribution in [0, 0.1) is 5.92 Å². The minimum atomic E-state index is -0.761. The molecule has 1 aromatic rings. The van der Waals surface area contributed by atoms with E-state index in [0.29, 0.717) is 12.5 Å². The molecule has 114 valence electrons. The third-order valence-electron chi connectivity index (χ3n) is 3.17. The Morgan fingerprint density at radius 1 is 1.38 bits per heavy atom. The summed E-state index contributed by atoms with van der Waals surface area (Å²) < 4.78 is 0. The molecule has 7 nitrogen and oxygen atoms in total. The van der Waals surface area contributed by atoms with Gasteiger partial charge in [-0.15, -0.1) is 0 Å². The highest BCUT2D eigenvalue weighted by Gasteiger charge is 2.30. The van der Waals surface area contributed by atoms with Crippen LogP contribution in [0.25, 0.3) is 0 Å². The average Bonchev–Trinajstić information content (AvgIpc) is 2.58. The van der Waals surface area contributed by atoms with Gasteiger partial charge in [0, 0.05) is 32.0 Å². The third-order valence-corrected chi connectivity index (χ3v) is 3.17. The molecule has 2 amide bonds. The van der Waals surface area contributed by atoms with E-state index in [0.717, 1.165) is 0 Å². The largest absolute Gasteiger partial charge is 0.389 e. The zero-order valence-corrected chi connectivity index (χ0v) is 12.3. The molecular formula is C14H20N4O3. The lowest BCUT2D eigenvalue weighted by Gasteiger charge is -2.23. The van der Waals surface area contributed by atoms with Crippen LogP contribution in [0.4, 0.5) is 0 Å². The van der Waals surface area contributed by atoms with Crippen molar-refractivity contribution in [2.24, 2.45) is 5.92 Å². The van der Waals surface area contributed by atoms with Crippen molar-refractivity contribution in [2.45, 2.75) is 20.0 Å². The van der Waals surface area contributed by atoms with Gasteiger partial charge in [-0.25, -0.2) is 9.97 Å². The van der Waals surface area contributed by atoms with Crippen LogP contribution < -0.4 is 0 Å². The van der Waals surface area contributed by atoms with E-state index in [2.05, 4.69) is 9.97 Å². The lowest BCUT2D eigenvalue weighted by Crippen LogP contribution is -2.41. The molecule has 0 aliphatic carbocycles. The normalized spacial score (nSPS) is 19.8. The number of amides is 2. The smallest absolute Gasteiger partial charge is 0.292 e. The second-order valence-corrected chi connectivity index (χ2v) is 5.60. The van der Waals surface area contributed by atoms with Crippen molar-refractivity contribution in [3.63, 3.8) is 0 Å². The summed E-state index contributed by atoms with van der Waals surface area (Å²) in [4.78, 5) is 35.2. The average molecular weight is 292 g/mol. The molecule has 1 aliphatic rings. The van der Waals surface area contributed by atoms with Crippen LogP contribution in [0.15, 0.2) is 18.5 Å². The second-order valence-electron chi connectivity index (χ2n) is 5.60. The van der Waals surface area contributed by atoms with E-state index in [-0.39, 0.29) is 31.4 Å². The Morgan fingerprint density at radius 2 is 2.05 bits per heavy atom. The van der Waals surface area contributed by atoms with Gasteiger partial charge in [0.25, 0.3) is 5.91 Å². The minimum Gasteiger partial charge on any atom is -0.389 e. The molecule has 1 unspecified atom stereocenters. The van der Waals surface area contributed by atoms with Gasteiger partial charge >= 0.3 is 0 Å². The molecule has 1 N–H and O–H groups in total. The Hall–Kier alpha value is -2.02. The summed E-state index contributed by atoms with van der Waals surface area (Å²) >= 11 is 0. The summed E-state index contributed by atoms with van der Waals surface area (Å²) in [6.45, 7) is 4.88. The molecule has 0 bridgehead atoms. The molecule has 1 aromatic heterocycles. The lowest BCUT2D eigenvalue weighted by atomic mass is 10.2. The maximum Gasteiger partial charge on any atom is 0.292 e. The molecule has 0 radical (unpaired) electrons. The fourth-order valence-electron chi connectivity index (χ4n) is 2.32. The van der Waals surface area contributed by atoms with Crippen molar-refractivity contribution in [3.8, 4) is 0 Å². The maximum absolute atomic E-state index is 12.3. The molecule has 2 rings (SSSR count). The Morgan fingerprint density at radius 3 is 2.67 bits per heavy atom. The predicted molar refractivity (Wildman–Crippen MR) is 75.4 cm³/mol. The van der Waals surface area contributed by atoms with Gasteiger partial charge in [-0.3, -0.25) is 9.59 Å². The number of aliphatic hydroxyl groups is 1. The summed E-state index contributed by atoms with van der Waals surface area (Å²) in [5, 5.41) is 10.0. The number of carbonyl (C=O) groups excluding carboxylic acids is 2. The fraction of sp³-hybridized carbons (Fsp3) is 0.571. The molecule has 0 aromatic carbocycles. The number of aromatic nitrogens is 2. The van der Waals surface area contributed by atoms with Gasteiger partial charge < -0.3 is 14.9 Å². The van der Waals surface area contributed by atoms with Gasteiger partial charge in [-0.05, 0) is 12.0 Å². The Bertz CT molecular complexity index is 506. The standard InChI is InChI=1S/C14H20N4O3/c1-10(2)6-17-7-11(19)8-18(9-12(17)20)14(21)13-15-4-3-5-16-13/h3-5,10-11,19H,6-9H2,1-2H3. The quantitative estimate of drug-likeness (QED) is 0.832. The van der Waals surface area contributed by atoms with Gasteiger partial charge in [0.05, 0.1) is 6.10 Å². The summed E-state index contributed by atoms with van der Waals surface area (Å²) in [6, 6.07) is 1.61. The Labute approximate surface area is 123 Å². The van der Waals surface area contributed by atoms with Crippen LogP contribution in [0.3, 0.4) is 0 Å². The molecule has 21 heavy (non-hydrogen) atoms. The molecule has 1 aliphatic heterocycles. The zero-order valence-electron chi connectivity index (χ0n) is 12.3. The highest BCUT2D eigenvalue weighted by molar-refractivity contribution is 5.93.